The minimum Gasteiger partial charge on any atom is -0.342 e. The summed E-state index contributed by atoms with van der Waals surface area (Å²) in [6, 6.07) is 10.6. The third kappa shape index (κ3) is 3.12. The molecule has 1 aliphatic rings. The topological polar surface area (TPSA) is 20.3 Å². The summed E-state index contributed by atoms with van der Waals surface area (Å²) in [6.45, 7) is 7.85. The molecule has 1 aliphatic heterocycles. The van der Waals surface area contributed by atoms with E-state index in [1.54, 1.807) is 0 Å². The molecule has 98 valence electrons. The van der Waals surface area contributed by atoms with E-state index in [1.165, 1.54) is 5.56 Å². The van der Waals surface area contributed by atoms with Crippen LogP contribution in [0.2, 0.25) is 0 Å². The van der Waals surface area contributed by atoms with Crippen molar-refractivity contribution in [1.82, 2.24) is 4.90 Å². The van der Waals surface area contributed by atoms with Gasteiger partial charge in [-0.25, -0.2) is 0 Å². The number of benzene rings is 1. The first-order chi connectivity index (χ1) is 8.47. The van der Waals surface area contributed by atoms with Crippen molar-refractivity contribution >= 4 is 5.91 Å². The molecule has 2 nitrogen and oxygen atoms in total. The molecular formula is C16H23NO. The van der Waals surface area contributed by atoms with Gasteiger partial charge >= 0.3 is 0 Å². The number of hydrogen-bond donors (Lipinski definition) is 0. The first kappa shape index (κ1) is 13.1. The Hall–Kier alpha value is -1.31. The lowest BCUT2D eigenvalue weighted by atomic mass is 9.94. The first-order valence-electron chi connectivity index (χ1n) is 6.80. The predicted molar refractivity (Wildman–Crippen MR) is 74.3 cm³/mol. The van der Waals surface area contributed by atoms with Gasteiger partial charge in [0.2, 0.25) is 5.91 Å². The van der Waals surface area contributed by atoms with Gasteiger partial charge in [-0.2, -0.15) is 0 Å². The molecule has 0 bridgehead atoms. The molecule has 18 heavy (non-hydrogen) atoms. The maximum atomic E-state index is 12.2. The molecule has 1 aromatic rings. The summed E-state index contributed by atoms with van der Waals surface area (Å²) in [4.78, 5) is 14.2. The number of amides is 1. The zero-order chi connectivity index (χ0) is 13.2. The van der Waals surface area contributed by atoms with Gasteiger partial charge in [-0.05, 0) is 24.3 Å². The van der Waals surface area contributed by atoms with Crippen molar-refractivity contribution in [2.24, 2.45) is 11.3 Å². The number of hydrogen-bond acceptors (Lipinski definition) is 1. The van der Waals surface area contributed by atoms with Crippen LogP contribution < -0.4 is 0 Å². The summed E-state index contributed by atoms with van der Waals surface area (Å²) in [7, 11) is 0. The van der Waals surface area contributed by atoms with Crippen LogP contribution in [0.4, 0.5) is 0 Å². The Morgan fingerprint density at radius 1 is 1.28 bits per heavy atom. The van der Waals surface area contributed by atoms with Gasteiger partial charge in [-0.3, -0.25) is 4.79 Å². The predicted octanol–water partition coefficient (Wildman–Crippen LogP) is 3.12. The molecule has 1 unspecified atom stereocenters. The molecule has 2 heteroatoms. The highest BCUT2D eigenvalue weighted by Gasteiger charge is 2.32. The summed E-state index contributed by atoms with van der Waals surface area (Å²) < 4.78 is 0. The second-order valence-electron chi connectivity index (χ2n) is 6.35. The van der Waals surface area contributed by atoms with Crippen LogP contribution in [0.1, 0.15) is 32.8 Å². The summed E-state index contributed by atoms with van der Waals surface area (Å²) in [6.07, 6.45) is 2.23. The Kier molecular flexibility index (Phi) is 3.74. The normalized spacial score (nSPS) is 20.2. The fraction of sp³-hybridized carbons (Fsp3) is 0.562. The van der Waals surface area contributed by atoms with Crippen molar-refractivity contribution in [3.63, 3.8) is 0 Å². The Morgan fingerprint density at radius 3 is 2.56 bits per heavy atom. The zero-order valence-electron chi connectivity index (χ0n) is 11.6. The van der Waals surface area contributed by atoms with Gasteiger partial charge in [-0.1, -0.05) is 51.1 Å². The van der Waals surface area contributed by atoms with Crippen LogP contribution in [0.25, 0.3) is 0 Å². The van der Waals surface area contributed by atoms with Crippen molar-refractivity contribution in [1.29, 1.82) is 0 Å². The lowest BCUT2D eigenvalue weighted by Gasteiger charge is -2.25. The Morgan fingerprint density at radius 2 is 1.94 bits per heavy atom. The summed E-state index contributed by atoms with van der Waals surface area (Å²) >= 11 is 0. The zero-order valence-corrected chi connectivity index (χ0v) is 11.6. The second kappa shape index (κ2) is 5.13. The molecule has 0 spiro atoms. The van der Waals surface area contributed by atoms with Gasteiger partial charge in [0, 0.05) is 18.5 Å². The van der Waals surface area contributed by atoms with Crippen molar-refractivity contribution in [3.05, 3.63) is 35.9 Å². The average Bonchev–Trinajstić information content (AvgIpc) is 2.76. The van der Waals surface area contributed by atoms with Gasteiger partial charge in [0.15, 0.2) is 0 Å². The molecule has 1 fully saturated rings. The van der Waals surface area contributed by atoms with Crippen LogP contribution in [0, 0.1) is 11.3 Å². The molecule has 1 atom stereocenters. The minimum atomic E-state index is -0.248. The molecule has 1 heterocycles. The Labute approximate surface area is 110 Å². The smallest absolute Gasteiger partial charge is 0.227 e. The van der Waals surface area contributed by atoms with E-state index < -0.39 is 0 Å². The van der Waals surface area contributed by atoms with Crippen LogP contribution in [-0.4, -0.2) is 23.9 Å². The van der Waals surface area contributed by atoms with Crippen molar-refractivity contribution < 1.29 is 4.79 Å². The van der Waals surface area contributed by atoms with Crippen LogP contribution in [0.3, 0.4) is 0 Å². The molecule has 0 aromatic heterocycles. The molecule has 2 rings (SSSR count). The number of carbonyl (C=O) groups excluding carboxylic acids is 1. The first-order valence-corrected chi connectivity index (χ1v) is 6.80. The maximum Gasteiger partial charge on any atom is 0.227 e. The summed E-state index contributed by atoms with van der Waals surface area (Å²) in [5, 5.41) is 0. The Balaban J connectivity index is 1.91. The van der Waals surface area contributed by atoms with Gasteiger partial charge in [0.25, 0.3) is 0 Å². The minimum absolute atomic E-state index is 0.248. The van der Waals surface area contributed by atoms with E-state index in [2.05, 4.69) is 24.3 Å². The molecular weight excluding hydrogens is 222 g/mol. The molecule has 1 saturated heterocycles. The van der Waals surface area contributed by atoms with Crippen molar-refractivity contribution in [3.8, 4) is 0 Å². The standard InChI is InChI=1S/C16H23NO/c1-16(2,3)15(18)17-10-9-14(12-17)11-13-7-5-4-6-8-13/h4-8,14H,9-12H2,1-3H3. The van der Waals surface area contributed by atoms with E-state index in [1.807, 2.05) is 31.7 Å². The van der Waals surface area contributed by atoms with Gasteiger partial charge in [0.1, 0.15) is 0 Å². The number of carbonyl (C=O) groups is 1. The van der Waals surface area contributed by atoms with E-state index in [0.717, 1.165) is 25.9 Å². The van der Waals surface area contributed by atoms with E-state index in [0.29, 0.717) is 5.92 Å². The van der Waals surface area contributed by atoms with Crippen LogP contribution in [-0.2, 0) is 11.2 Å². The average molecular weight is 245 g/mol. The highest BCUT2D eigenvalue weighted by Crippen LogP contribution is 2.25. The molecule has 0 aliphatic carbocycles. The third-order valence-electron chi connectivity index (χ3n) is 3.58. The van der Waals surface area contributed by atoms with Crippen LogP contribution in [0.5, 0.6) is 0 Å². The van der Waals surface area contributed by atoms with E-state index >= 15 is 0 Å². The fourth-order valence-corrected chi connectivity index (χ4v) is 2.61. The molecule has 0 saturated carbocycles. The molecule has 1 aromatic carbocycles. The lowest BCUT2D eigenvalue weighted by Crippen LogP contribution is -2.38. The van der Waals surface area contributed by atoms with Crippen LogP contribution in [0.15, 0.2) is 30.3 Å². The van der Waals surface area contributed by atoms with Gasteiger partial charge < -0.3 is 4.90 Å². The highest BCUT2D eigenvalue weighted by molar-refractivity contribution is 5.81. The van der Waals surface area contributed by atoms with Crippen LogP contribution >= 0.6 is 0 Å². The fourth-order valence-electron chi connectivity index (χ4n) is 2.61. The Bertz CT molecular complexity index is 405. The van der Waals surface area contributed by atoms with E-state index in [-0.39, 0.29) is 11.3 Å². The SMILES string of the molecule is CC(C)(C)C(=O)N1CCC(Cc2ccccc2)C1. The summed E-state index contributed by atoms with van der Waals surface area (Å²) in [5.41, 5.74) is 1.13. The van der Waals surface area contributed by atoms with Crippen molar-refractivity contribution in [2.45, 2.75) is 33.6 Å². The number of rotatable bonds is 2. The van der Waals surface area contributed by atoms with E-state index in [9.17, 15) is 4.79 Å². The molecule has 1 amide bonds. The largest absolute Gasteiger partial charge is 0.342 e. The maximum absolute atomic E-state index is 12.2. The number of nitrogens with zero attached hydrogens (tertiary/aromatic N) is 1. The second-order valence-corrected chi connectivity index (χ2v) is 6.35. The lowest BCUT2D eigenvalue weighted by molar-refractivity contribution is -0.138. The van der Waals surface area contributed by atoms with Gasteiger partial charge in [0.05, 0.1) is 0 Å². The highest BCUT2D eigenvalue weighted by atomic mass is 16.2. The van der Waals surface area contributed by atoms with Crippen molar-refractivity contribution in [2.75, 3.05) is 13.1 Å². The quantitative estimate of drug-likeness (QED) is 0.784. The number of likely N-dealkylation sites (tertiary alicyclic amines) is 1. The monoisotopic (exact) mass is 245 g/mol. The molecule has 0 N–H and O–H groups in total. The molecule has 0 radical (unpaired) electrons. The third-order valence-corrected chi connectivity index (χ3v) is 3.58. The van der Waals surface area contributed by atoms with Gasteiger partial charge in [-0.15, -0.1) is 0 Å². The summed E-state index contributed by atoms with van der Waals surface area (Å²) in [5.74, 6) is 0.914. The van der Waals surface area contributed by atoms with E-state index in [4.69, 9.17) is 0 Å².